The fourth-order valence-corrected chi connectivity index (χ4v) is 5.97. The number of nitrogens with two attached hydrogens (primary N) is 1. The van der Waals surface area contributed by atoms with Gasteiger partial charge >= 0.3 is 8.80 Å². The van der Waals surface area contributed by atoms with Gasteiger partial charge in [0.05, 0.1) is 0 Å². The first-order chi connectivity index (χ1) is 11.2. The van der Waals surface area contributed by atoms with Gasteiger partial charge in [0.2, 0.25) is 0 Å². The first-order valence-corrected chi connectivity index (χ1v) is 12.8. The van der Waals surface area contributed by atoms with Crippen LogP contribution in [-0.2, 0) is 19.8 Å². The third-order valence-corrected chi connectivity index (χ3v) is 9.01. The zero-order valence-electron chi connectivity index (χ0n) is 14.2. The van der Waals surface area contributed by atoms with Gasteiger partial charge in [-0.25, -0.2) is 0 Å². The molecule has 1 aromatic carbocycles. The minimum absolute atomic E-state index is 0.847. The Morgan fingerprint density at radius 3 is 2.17 bits per heavy atom. The van der Waals surface area contributed by atoms with Crippen LogP contribution in [0.5, 0.6) is 0 Å². The van der Waals surface area contributed by atoms with Gasteiger partial charge < -0.3 is 18.6 Å². The molecule has 3 N–H and O–H groups in total. The monoisotopic (exact) mass is 396 g/mol. The lowest BCUT2D eigenvalue weighted by Gasteiger charge is -2.23. The maximum atomic E-state index is 5.29. The van der Waals surface area contributed by atoms with Crippen LogP contribution in [-0.4, -0.2) is 42.9 Å². The van der Waals surface area contributed by atoms with E-state index in [1.807, 2.05) is 25.2 Å². The van der Waals surface area contributed by atoms with Crippen molar-refractivity contribution >= 4 is 40.4 Å². The summed E-state index contributed by atoms with van der Waals surface area (Å²) in [6, 6.07) is 11.2. The maximum Gasteiger partial charge on any atom is 0.500 e. The first-order valence-electron chi connectivity index (χ1n) is 7.17. The quantitative estimate of drug-likeness (QED) is 0.255. The predicted octanol–water partition coefficient (Wildman–Crippen LogP) is 3.56. The SMILES string of the molecule is CNCc1ccccc1.CO[Si](CCCSSSN)(OC)OC. The molecule has 1 aromatic rings. The van der Waals surface area contributed by atoms with Crippen molar-refractivity contribution in [3.05, 3.63) is 35.9 Å². The molecule has 0 amide bonds. The van der Waals surface area contributed by atoms with Crippen molar-refractivity contribution in [3.8, 4) is 0 Å². The van der Waals surface area contributed by atoms with Crippen molar-refractivity contribution < 1.29 is 13.3 Å². The van der Waals surface area contributed by atoms with Crippen LogP contribution in [0.25, 0.3) is 0 Å². The Balaban J connectivity index is 0.000000459. The number of nitrogens with one attached hydrogen (secondary N) is 1. The Morgan fingerprint density at radius 2 is 1.70 bits per heavy atom. The summed E-state index contributed by atoms with van der Waals surface area (Å²) in [7, 11) is 9.12. The summed E-state index contributed by atoms with van der Waals surface area (Å²) in [4.78, 5) is 0. The molecule has 1 rings (SSSR count). The Hall–Kier alpha value is 0.287. The Bertz CT molecular complexity index is 365. The third-order valence-electron chi connectivity index (χ3n) is 2.95. The average Bonchev–Trinajstić information content (AvgIpc) is 2.61. The largest absolute Gasteiger partial charge is 0.500 e. The highest BCUT2D eigenvalue weighted by atomic mass is 33.5. The molecule has 0 aliphatic heterocycles. The molecular formula is C14H28N2O3S3Si. The second kappa shape index (κ2) is 15.8. The zero-order valence-corrected chi connectivity index (χ0v) is 17.7. The van der Waals surface area contributed by atoms with Crippen LogP contribution in [0.2, 0.25) is 6.04 Å². The highest BCUT2D eigenvalue weighted by Gasteiger charge is 2.36. The standard InChI is InChI=1S/C8H11N.C6H17NO3S3Si/c1-9-7-8-5-3-2-4-6-8;1-8-14(9-2,10-3)6-4-5-11-13-12-7/h2-6,9H,7H2,1H3;4-7H2,1-3H3. The molecule has 0 fully saturated rings. The number of hydrogen-bond donors (Lipinski definition) is 2. The molecule has 0 saturated carbocycles. The van der Waals surface area contributed by atoms with Crippen LogP contribution < -0.4 is 10.5 Å². The highest BCUT2D eigenvalue weighted by Crippen LogP contribution is 2.31. The highest BCUT2D eigenvalue weighted by molar-refractivity contribution is 9.09. The summed E-state index contributed by atoms with van der Waals surface area (Å²) < 4.78 is 15.9. The molecule has 0 bridgehead atoms. The molecule has 5 nitrogen and oxygen atoms in total. The van der Waals surface area contributed by atoms with Gasteiger partial charge in [-0.2, -0.15) is 0 Å². The van der Waals surface area contributed by atoms with Crippen LogP contribution in [0.4, 0.5) is 0 Å². The second-order valence-electron chi connectivity index (χ2n) is 4.40. The lowest BCUT2D eigenvalue weighted by molar-refractivity contribution is 0.123. The van der Waals surface area contributed by atoms with Crippen molar-refractivity contribution in [2.75, 3.05) is 34.1 Å². The smallest absolute Gasteiger partial charge is 0.377 e. The third kappa shape index (κ3) is 11.5. The molecule has 0 atom stereocenters. The van der Waals surface area contributed by atoms with Crippen LogP contribution in [0.1, 0.15) is 12.0 Å². The summed E-state index contributed by atoms with van der Waals surface area (Å²) in [5.74, 6) is 1.03. The number of benzene rings is 1. The van der Waals surface area contributed by atoms with E-state index in [9.17, 15) is 0 Å². The summed E-state index contributed by atoms with van der Waals surface area (Å²) in [5, 5.41) is 8.35. The molecule has 23 heavy (non-hydrogen) atoms. The van der Waals surface area contributed by atoms with Crippen molar-refractivity contribution in [1.29, 1.82) is 0 Å². The van der Waals surface area contributed by atoms with Gasteiger partial charge in [0.15, 0.2) is 0 Å². The maximum absolute atomic E-state index is 5.29. The topological polar surface area (TPSA) is 65.7 Å². The van der Waals surface area contributed by atoms with E-state index in [4.69, 9.17) is 18.4 Å². The van der Waals surface area contributed by atoms with Gasteiger partial charge in [0.25, 0.3) is 0 Å². The second-order valence-corrected chi connectivity index (χ2v) is 11.4. The van der Waals surface area contributed by atoms with E-state index in [-0.39, 0.29) is 0 Å². The van der Waals surface area contributed by atoms with Crippen molar-refractivity contribution in [1.82, 2.24) is 5.32 Å². The van der Waals surface area contributed by atoms with E-state index in [1.165, 1.54) is 16.5 Å². The zero-order chi connectivity index (χ0) is 17.4. The molecule has 0 aliphatic carbocycles. The Labute approximate surface area is 153 Å². The molecule has 0 aliphatic rings. The first kappa shape index (κ1) is 23.3. The summed E-state index contributed by atoms with van der Waals surface area (Å²) in [6.07, 6.45) is 1.01. The molecule has 0 saturated heterocycles. The lowest BCUT2D eigenvalue weighted by atomic mass is 10.2. The molecular weight excluding hydrogens is 368 g/mol. The van der Waals surface area contributed by atoms with Gasteiger partial charge in [0, 0.05) is 39.7 Å². The van der Waals surface area contributed by atoms with Crippen LogP contribution in [0.15, 0.2) is 30.3 Å². The minimum Gasteiger partial charge on any atom is -0.377 e. The summed E-state index contributed by atoms with van der Waals surface area (Å²) in [5.41, 5.74) is 1.33. The van der Waals surface area contributed by atoms with Crippen molar-refractivity contribution in [2.24, 2.45) is 5.14 Å². The molecule has 0 aromatic heterocycles. The van der Waals surface area contributed by atoms with Gasteiger partial charge in [-0.1, -0.05) is 41.1 Å². The molecule has 0 radical (unpaired) electrons. The van der Waals surface area contributed by atoms with E-state index in [2.05, 4.69) is 17.4 Å². The van der Waals surface area contributed by atoms with Gasteiger partial charge in [-0.15, -0.1) is 0 Å². The van der Waals surface area contributed by atoms with Crippen molar-refractivity contribution in [2.45, 2.75) is 19.0 Å². The summed E-state index contributed by atoms with van der Waals surface area (Å²) in [6.45, 7) is 0.959. The number of hydrogen-bond acceptors (Lipinski definition) is 8. The fourth-order valence-electron chi connectivity index (χ4n) is 1.77. The molecule has 0 spiro atoms. The molecule has 0 heterocycles. The van der Waals surface area contributed by atoms with Crippen LogP contribution in [0, 0.1) is 0 Å². The fraction of sp³-hybridized carbons (Fsp3) is 0.571. The Morgan fingerprint density at radius 1 is 1.09 bits per heavy atom. The lowest BCUT2D eigenvalue weighted by Crippen LogP contribution is -2.42. The van der Waals surface area contributed by atoms with Gasteiger partial charge in [-0.05, 0) is 39.8 Å². The van der Waals surface area contributed by atoms with Gasteiger partial charge in [-0.3, -0.25) is 5.14 Å². The van der Waals surface area contributed by atoms with E-state index in [0.29, 0.717) is 0 Å². The van der Waals surface area contributed by atoms with E-state index in [1.54, 1.807) is 41.9 Å². The normalized spacial score (nSPS) is 11.0. The van der Waals surface area contributed by atoms with Crippen molar-refractivity contribution in [3.63, 3.8) is 0 Å². The molecule has 9 heteroatoms. The minimum atomic E-state index is -2.34. The average molecular weight is 397 g/mol. The molecule has 134 valence electrons. The predicted molar refractivity (Wildman–Crippen MR) is 107 cm³/mol. The summed E-state index contributed by atoms with van der Waals surface area (Å²) >= 11 is 0. The van der Waals surface area contributed by atoms with Crippen LogP contribution in [0.3, 0.4) is 0 Å². The van der Waals surface area contributed by atoms with E-state index in [0.717, 1.165) is 24.8 Å². The number of rotatable bonds is 11. The van der Waals surface area contributed by atoms with Gasteiger partial charge in [0.1, 0.15) is 0 Å². The van der Waals surface area contributed by atoms with E-state index < -0.39 is 8.80 Å². The Kier molecular flexibility index (Phi) is 16.0. The molecule has 0 unspecified atom stereocenters. The van der Waals surface area contributed by atoms with Crippen LogP contribution >= 0.6 is 31.6 Å². The van der Waals surface area contributed by atoms with E-state index >= 15 is 0 Å².